The van der Waals surface area contributed by atoms with E-state index in [1.807, 2.05) is 30.3 Å². The predicted molar refractivity (Wildman–Crippen MR) is 75.8 cm³/mol. The molecule has 0 amide bonds. The van der Waals surface area contributed by atoms with Gasteiger partial charge in [-0.15, -0.1) is 0 Å². The monoisotopic (exact) mass is 262 g/mol. The summed E-state index contributed by atoms with van der Waals surface area (Å²) < 4.78 is 5.56. The molecule has 0 aliphatic rings. The fourth-order valence-electron chi connectivity index (χ4n) is 1.76. The zero-order valence-electron chi connectivity index (χ0n) is 11.2. The van der Waals surface area contributed by atoms with Crippen molar-refractivity contribution < 1.29 is 14.6 Å². The van der Waals surface area contributed by atoms with E-state index < -0.39 is 0 Å². The van der Waals surface area contributed by atoms with Gasteiger partial charge < -0.3 is 9.84 Å². The molecule has 0 saturated carbocycles. The minimum Gasteiger partial charge on any atom is -0.393 e. The largest absolute Gasteiger partial charge is 0.393 e. The highest BCUT2D eigenvalue weighted by Crippen LogP contribution is 2.06. The predicted octanol–water partition coefficient (Wildman–Crippen LogP) is 2.88. The summed E-state index contributed by atoms with van der Waals surface area (Å²) in [6.45, 7) is 1.36. The SMILES string of the molecule is O=C/C=C/C[C@H](O)CCCCOCc1ccccc1. The lowest BCUT2D eigenvalue weighted by Crippen LogP contribution is -2.05. The van der Waals surface area contributed by atoms with E-state index in [9.17, 15) is 9.90 Å². The first kappa shape index (κ1) is 15.6. The summed E-state index contributed by atoms with van der Waals surface area (Å²) in [5, 5.41) is 9.60. The van der Waals surface area contributed by atoms with Gasteiger partial charge in [0.25, 0.3) is 0 Å². The molecule has 0 bridgehead atoms. The quantitative estimate of drug-likeness (QED) is 0.400. The molecule has 1 aromatic rings. The van der Waals surface area contributed by atoms with Gasteiger partial charge in [-0.25, -0.2) is 0 Å². The molecule has 19 heavy (non-hydrogen) atoms. The third kappa shape index (κ3) is 8.30. The Bertz CT molecular complexity index is 360. The van der Waals surface area contributed by atoms with Gasteiger partial charge in [-0.3, -0.25) is 4.79 Å². The first-order chi connectivity index (χ1) is 9.33. The standard InChI is InChI=1S/C16H22O3/c17-12-6-4-10-16(18)11-5-7-13-19-14-15-8-2-1-3-9-15/h1-4,6,8-9,12,16,18H,5,7,10-11,13-14H2/b6-4+/t16-/m0/s1. The van der Waals surface area contributed by atoms with Gasteiger partial charge in [0.05, 0.1) is 12.7 Å². The number of rotatable bonds is 10. The lowest BCUT2D eigenvalue weighted by Gasteiger charge is -2.08. The van der Waals surface area contributed by atoms with Crippen molar-refractivity contribution in [3.05, 3.63) is 48.0 Å². The number of aliphatic hydroxyl groups excluding tert-OH is 1. The Balaban J connectivity index is 1.96. The third-order valence-electron chi connectivity index (χ3n) is 2.81. The van der Waals surface area contributed by atoms with E-state index in [0.717, 1.165) is 25.5 Å². The van der Waals surface area contributed by atoms with E-state index in [4.69, 9.17) is 4.74 Å². The molecule has 0 fully saturated rings. The number of aldehydes is 1. The van der Waals surface area contributed by atoms with Crippen LogP contribution in [0, 0.1) is 0 Å². The van der Waals surface area contributed by atoms with E-state index in [2.05, 4.69) is 0 Å². The van der Waals surface area contributed by atoms with Gasteiger partial charge >= 0.3 is 0 Å². The van der Waals surface area contributed by atoms with E-state index in [1.54, 1.807) is 6.08 Å². The molecule has 0 aromatic heterocycles. The van der Waals surface area contributed by atoms with Crippen molar-refractivity contribution in [2.24, 2.45) is 0 Å². The highest BCUT2D eigenvalue weighted by molar-refractivity contribution is 5.64. The molecule has 0 saturated heterocycles. The van der Waals surface area contributed by atoms with Crippen LogP contribution in [0.3, 0.4) is 0 Å². The second-order valence-corrected chi connectivity index (χ2v) is 4.49. The van der Waals surface area contributed by atoms with Gasteiger partial charge in [-0.2, -0.15) is 0 Å². The lowest BCUT2D eigenvalue weighted by molar-refractivity contribution is -0.104. The first-order valence-corrected chi connectivity index (χ1v) is 6.73. The molecule has 0 aliphatic carbocycles. The number of ether oxygens (including phenoxy) is 1. The maximum atomic E-state index is 10.1. The van der Waals surface area contributed by atoms with Crippen LogP contribution in [0.25, 0.3) is 0 Å². The molecular formula is C16H22O3. The van der Waals surface area contributed by atoms with Crippen molar-refractivity contribution >= 4 is 6.29 Å². The minimum atomic E-state index is -0.356. The Morgan fingerprint density at radius 1 is 1.21 bits per heavy atom. The van der Waals surface area contributed by atoms with Crippen LogP contribution in [-0.4, -0.2) is 24.1 Å². The molecule has 0 radical (unpaired) electrons. The second-order valence-electron chi connectivity index (χ2n) is 4.49. The van der Waals surface area contributed by atoms with Crippen molar-refractivity contribution in [1.82, 2.24) is 0 Å². The normalized spacial score (nSPS) is 12.7. The van der Waals surface area contributed by atoms with Gasteiger partial charge in [-0.05, 0) is 37.3 Å². The zero-order chi connectivity index (χ0) is 13.8. The summed E-state index contributed by atoms with van der Waals surface area (Å²) >= 11 is 0. The van der Waals surface area contributed by atoms with E-state index in [1.165, 1.54) is 11.6 Å². The average Bonchev–Trinajstić information content (AvgIpc) is 2.44. The van der Waals surface area contributed by atoms with Gasteiger partial charge in [-0.1, -0.05) is 36.4 Å². The number of aliphatic hydroxyl groups is 1. The number of benzene rings is 1. The maximum absolute atomic E-state index is 10.1. The maximum Gasteiger partial charge on any atom is 0.142 e. The number of hydrogen-bond acceptors (Lipinski definition) is 3. The molecule has 0 heterocycles. The highest BCUT2D eigenvalue weighted by atomic mass is 16.5. The Hall–Kier alpha value is -1.45. The van der Waals surface area contributed by atoms with E-state index in [0.29, 0.717) is 19.6 Å². The van der Waals surface area contributed by atoms with Crippen LogP contribution in [0.4, 0.5) is 0 Å². The highest BCUT2D eigenvalue weighted by Gasteiger charge is 2.01. The van der Waals surface area contributed by atoms with Gasteiger partial charge in [0, 0.05) is 6.61 Å². The van der Waals surface area contributed by atoms with Crippen LogP contribution in [0.2, 0.25) is 0 Å². The number of allylic oxidation sites excluding steroid dienone is 1. The van der Waals surface area contributed by atoms with Crippen molar-refractivity contribution in [1.29, 1.82) is 0 Å². The van der Waals surface area contributed by atoms with Crippen molar-refractivity contribution in [2.75, 3.05) is 6.61 Å². The fourth-order valence-corrected chi connectivity index (χ4v) is 1.76. The van der Waals surface area contributed by atoms with Gasteiger partial charge in [0.2, 0.25) is 0 Å². The first-order valence-electron chi connectivity index (χ1n) is 6.73. The third-order valence-corrected chi connectivity index (χ3v) is 2.81. The Morgan fingerprint density at radius 2 is 2.00 bits per heavy atom. The molecular weight excluding hydrogens is 240 g/mol. The number of carbonyl (C=O) groups is 1. The molecule has 0 aliphatic heterocycles. The van der Waals surface area contributed by atoms with Crippen LogP contribution in [-0.2, 0) is 16.1 Å². The summed E-state index contributed by atoms with van der Waals surface area (Å²) in [6.07, 6.45) is 6.67. The summed E-state index contributed by atoms with van der Waals surface area (Å²) in [4.78, 5) is 10.1. The van der Waals surface area contributed by atoms with Gasteiger partial charge in [0.15, 0.2) is 0 Å². The van der Waals surface area contributed by atoms with E-state index in [-0.39, 0.29) is 6.10 Å². The summed E-state index contributed by atoms with van der Waals surface area (Å²) in [5.41, 5.74) is 1.18. The van der Waals surface area contributed by atoms with Crippen molar-refractivity contribution in [2.45, 2.75) is 38.4 Å². The molecule has 1 rings (SSSR count). The molecule has 1 N–H and O–H groups in total. The van der Waals surface area contributed by atoms with Crippen LogP contribution in [0.5, 0.6) is 0 Å². The summed E-state index contributed by atoms with van der Waals surface area (Å²) in [6, 6.07) is 10.1. The molecule has 0 unspecified atom stereocenters. The molecule has 0 spiro atoms. The van der Waals surface area contributed by atoms with Gasteiger partial charge in [0.1, 0.15) is 6.29 Å². The van der Waals surface area contributed by atoms with Crippen LogP contribution < -0.4 is 0 Å². The molecule has 1 atom stereocenters. The zero-order valence-corrected chi connectivity index (χ0v) is 11.2. The second kappa shape index (κ2) is 10.5. The number of carbonyl (C=O) groups excluding carboxylic acids is 1. The van der Waals surface area contributed by atoms with Crippen molar-refractivity contribution in [3.8, 4) is 0 Å². The van der Waals surface area contributed by atoms with Crippen LogP contribution in [0.15, 0.2) is 42.5 Å². The van der Waals surface area contributed by atoms with E-state index >= 15 is 0 Å². The molecule has 3 heteroatoms. The topological polar surface area (TPSA) is 46.5 Å². The fraction of sp³-hybridized carbons (Fsp3) is 0.438. The smallest absolute Gasteiger partial charge is 0.142 e. The summed E-state index contributed by atoms with van der Waals surface area (Å²) in [5.74, 6) is 0. The number of unbranched alkanes of at least 4 members (excludes halogenated alkanes) is 1. The Labute approximate surface area is 114 Å². The minimum absolute atomic E-state index is 0.356. The summed E-state index contributed by atoms with van der Waals surface area (Å²) in [7, 11) is 0. The van der Waals surface area contributed by atoms with Crippen LogP contribution in [0.1, 0.15) is 31.2 Å². The average molecular weight is 262 g/mol. The number of hydrogen-bond donors (Lipinski definition) is 1. The van der Waals surface area contributed by atoms with Crippen LogP contribution >= 0.6 is 0 Å². The molecule has 3 nitrogen and oxygen atoms in total. The Kier molecular flexibility index (Phi) is 8.60. The van der Waals surface area contributed by atoms with Crippen molar-refractivity contribution in [3.63, 3.8) is 0 Å². The Morgan fingerprint density at radius 3 is 2.74 bits per heavy atom. The molecule has 104 valence electrons. The molecule has 1 aromatic carbocycles. The lowest BCUT2D eigenvalue weighted by atomic mass is 10.1.